The first-order valence-electron chi connectivity index (χ1n) is 7.05. The smallest absolute Gasteiger partial charge is 0.310 e. The predicted octanol–water partition coefficient (Wildman–Crippen LogP) is 2.47. The molecule has 0 spiro atoms. The molecule has 4 heteroatoms. The molecule has 0 radical (unpaired) electrons. The van der Waals surface area contributed by atoms with Crippen LogP contribution in [-0.4, -0.2) is 37.0 Å². The van der Waals surface area contributed by atoms with Gasteiger partial charge in [0, 0.05) is 18.7 Å². The van der Waals surface area contributed by atoms with Gasteiger partial charge in [-0.15, -0.1) is 0 Å². The highest BCUT2D eigenvalue weighted by molar-refractivity contribution is 6.07. The number of likely N-dealkylation sites (tertiary alicyclic amines) is 1. The van der Waals surface area contributed by atoms with Crippen molar-refractivity contribution in [2.24, 2.45) is 5.92 Å². The van der Waals surface area contributed by atoms with E-state index in [0.717, 1.165) is 10.8 Å². The van der Waals surface area contributed by atoms with Crippen molar-refractivity contribution in [3.63, 3.8) is 0 Å². The Labute approximate surface area is 123 Å². The monoisotopic (exact) mass is 283 g/mol. The molecule has 0 saturated carbocycles. The van der Waals surface area contributed by atoms with E-state index in [4.69, 9.17) is 4.74 Å². The van der Waals surface area contributed by atoms with Gasteiger partial charge in [0.15, 0.2) is 0 Å². The van der Waals surface area contributed by atoms with E-state index in [9.17, 15) is 9.59 Å². The number of carbonyl (C=O) groups excluding carboxylic acids is 2. The minimum Gasteiger partial charge on any atom is -0.469 e. The number of benzene rings is 2. The zero-order valence-corrected chi connectivity index (χ0v) is 11.9. The highest BCUT2D eigenvalue weighted by Gasteiger charge is 2.32. The van der Waals surface area contributed by atoms with Crippen molar-refractivity contribution in [2.45, 2.75) is 6.42 Å². The molecule has 1 saturated heterocycles. The Balaban J connectivity index is 1.87. The first-order chi connectivity index (χ1) is 10.2. The predicted molar refractivity (Wildman–Crippen MR) is 80.0 cm³/mol. The van der Waals surface area contributed by atoms with Gasteiger partial charge in [0.1, 0.15) is 0 Å². The first kappa shape index (κ1) is 13.6. The van der Waals surface area contributed by atoms with Crippen molar-refractivity contribution >= 4 is 22.6 Å². The number of rotatable bonds is 2. The van der Waals surface area contributed by atoms with Crippen molar-refractivity contribution in [1.29, 1.82) is 0 Å². The molecule has 1 atom stereocenters. The number of hydrogen-bond donors (Lipinski definition) is 0. The zero-order valence-electron chi connectivity index (χ0n) is 11.9. The van der Waals surface area contributed by atoms with Crippen LogP contribution in [0.2, 0.25) is 0 Å². The summed E-state index contributed by atoms with van der Waals surface area (Å²) in [6.45, 7) is 1.04. The third kappa shape index (κ3) is 2.49. The lowest BCUT2D eigenvalue weighted by Crippen LogP contribution is -2.30. The lowest BCUT2D eigenvalue weighted by Gasteiger charge is -2.17. The van der Waals surface area contributed by atoms with Gasteiger partial charge in [0.2, 0.25) is 0 Å². The van der Waals surface area contributed by atoms with Gasteiger partial charge in [-0.05, 0) is 23.3 Å². The molecule has 3 rings (SSSR count). The highest BCUT2D eigenvalue weighted by Crippen LogP contribution is 2.24. The van der Waals surface area contributed by atoms with Crippen molar-refractivity contribution in [3.8, 4) is 0 Å². The minimum atomic E-state index is -0.233. The summed E-state index contributed by atoms with van der Waals surface area (Å²) in [5.41, 5.74) is 0.693. The van der Waals surface area contributed by atoms with Gasteiger partial charge >= 0.3 is 5.97 Å². The molecule has 0 aromatic heterocycles. The van der Waals surface area contributed by atoms with Crippen molar-refractivity contribution < 1.29 is 14.3 Å². The second-order valence-electron chi connectivity index (χ2n) is 5.29. The summed E-state index contributed by atoms with van der Waals surface area (Å²) in [4.78, 5) is 26.0. The zero-order chi connectivity index (χ0) is 14.8. The van der Waals surface area contributed by atoms with Crippen molar-refractivity contribution in [2.75, 3.05) is 20.2 Å². The molecular weight excluding hydrogens is 266 g/mol. The van der Waals surface area contributed by atoms with Crippen molar-refractivity contribution in [1.82, 2.24) is 4.90 Å². The molecule has 108 valence electrons. The maximum Gasteiger partial charge on any atom is 0.310 e. The average molecular weight is 283 g/mol. The van der Waals surface area contributed by atoms with Crippen LogP contribution in [0.1, 0.15) is 16.8 Å². The highest BCUT2D eigenvalue weighted by atomic mass is 16.5. The Bertz CT molecular complexity index is 690. The fourth-order valence-corrected chi connectivity index (χ4v) is 2.89. The molecule has 1 unspecified atom stereocenters. The lowest BCUT2D eigenvalue weighted by molar-refractivity contribution is -0.144. The summed E-state index contributed by atoms with van der Waals surface area (Å²) in [6, 6.07) is 13.6. The number of esters is 1. The summed E-state index contributed by atoms with van der Waals surface area (Å²) < 4.78 is 4.76. The minimum absolute atomic E-state index is 0.0156. The molecule has 0 N–H and O–H groups in total. The quantitative estimate of drug-likeness (QED) is 0.795. The van der Waals surface area contributed by atoms with Gasteiger partial charge < -0.3 is 9.64 Å². The van der Waals surface area contributed by atoms with E-state index in [1.54, 1.807) is 4.90 Å². The Morgan fingerprint density at radius 1 is 1.14 bits per heavy atom. The number of nitrogens with zero attached hydrogens (tertiary/aromatic N) is 1. The molecule has 1 amide bonds. The maximum atomic E-state index is 12.7. The SMILES string of the molecule is COC(=O)C1CCN(C(=O)c2cccc3ccccc23)C1. The fourth-order valence-electron chi connectivity index (χ4n) is 2.89. The second-order valence-corrected chi connectivity index (χ2v) is 5.29. The van der Waals surface area contributed by atoms with Crippen LogP contribution in [0.4, 0.5) is 0 Å². The Kier molecular flexibility index (Phi) is 3.60. The molecule has 21 heavy (non-hydrogen) atoms. The summed E-state index contributed by atoms with van der Waals surface area (Å²) in [5, 5.41) is 2.00. The topological polar surface area (TPSA) is 46.6 Å². The summed E-state index contributed by atoms with van der Waals surface area (Å²) in [7, 11) is 1.39. The molecule has 1 heterocycles. The number of carbonyl (C=O) groups is 2. The van der Waals surface area contributed by atoms with E-state index in [1.165, 1.54) is 7.11 Å². The van der Waals surface area contributed by atoms with Crippen LogP contribution in [0.25, 0.3) is 10.8 Å². The lowest BCUT2D eigenvalue weighted by atomic mass is 10.0. The van der Waals surface area contributed by atoms with Gasteiger partial charge in [0.25, 0.3) is 5.91 Å². The summed E-state index contributed by atoms with van der Waals surface area (Å²) in [5.74, 6) is -0.449. The molecule has 0 bridgehead atoms. The number of methoxy groups -OCH3 is 1. The van der Waals surface area contributed by atoms with Crippen LogP contribution >= 0.6 is 0 Å². The van der Waals surface area contributed by atoms with Gasteiger partial charge in [-0.1, -0.05) is 36.4 Å². The van der Waals surface area contributed by atoms with E-state index in [2.05, 4.69) is 0 Å². The van der Waals surface area contributed by atoms with E-state index in [1.807, 2.05) is 42.5 Å². The standard InChI is InChI=1S/C17H17NO3/c1-21-17(20)13-9-10-18(11-13)16(19)15-8-4-6-12-5-2-3-7-14(12)15/h2-8,13H,9-11H2,1H3. The van der Waals surface area contributed by atoms with Gasteiger partial charge in [0.05, 0.1) is 13.0 Å². The largest absolute Gasteiger partial charge is 0.469 e. The van der Waals surface area contributed by atoms with Gasteiger partial charge in [-0.2, -0.15) is 0 Å². The Morgan fingerprint density at radius 3 is 2.71 bits per heavy atom. The van der Waals surface area contributed by atoms with Crippen LogP contribution in [0.3, 0.4) is 0 Å². The fraction of sp³-hybridized carbons (Fsp3) is 0.294. The molecule has 1 aliphatic rings. The van der Waals surface area contributed by atoms with Crippen LogP contribution in [0.5, 0.6) is 0 Å². The number of fused-ring (bicyclic) bond motifs is 1. The van der Waals surface area contributed by atoms with Gasteiger partial charge in [-0.25, -0.2) is 0 Å². The molecule has 2 aromatic carbocycles. The molecule has 2 aromatic rings. The normalized spacial score (nSPS) is 18.0. The van der Waals surface area contributed by atoms with Gasteiger partial charge in [-0.3, -0.25) is 9.59 Å². The van der Waals surface area contributed by atoms with E-state index in [-0.39, 0.29) is 17.8 Å². The Hall–Kier alpha value is -2.36. The molecule has 4 nitrogen and oxygen atoms in total. The van der Waals surface area contributed by atoms with E-state index >= 15 is 0 Å². The van der Waals surface area contributed by atoms with Crippen LogP contribution < -0.4 is 0 Å². The van der Waals surface area contributed by atoms with E-state index < -0.39 is 0 Å². The van der Waals surface area contributed by atoms with E-state index in [0.29, 0.717) is 25.1 Å². The molecule has 1 aliphatic heterocycles. The molecular formula is C17H17NO3. The second kappa shape index (κ2) is 5.56. The third-order valence-corrected chi connectivity index (χ3v) is 4.03. The average Bonchev–Trinajstić information content (AvgIpc) is 3.03. The van der Waals surface area contributed by atoms with Crippen LogP contribution in [-0.2, 0) is 9.53 Å². The Morgan fingerprint density at radius 2 is 1.90 bits per heavy atom. The number of ether oxygens (including phenoxy) is 1. The van der Waals surface area contributed by atoms with Crippen molar-refractivity contribution in [3.05, 3.63) is 48.0 Å². The number of hydrogen-bond acceptors (Lipinski definition) is 3. The molecule has 1 fully saturated rings. The first-order valence-corrected chi connectivity index (χ1v) is 7.05. The number of amides is 1. The van der Waals surface area contributed by atoms with Crippen LogP contribution in [0, 0.1) is 5.92 Å². The summed E-state index contributed by atoms with van der Waals surface area (Å²) in [6.07, 6.45) is 0.670. The van der Waals surface area contributed by atoms with Crippen LogP contribution in [0.15, 0.2) is 42.5 Å². The summed E-state index contributed by atoms with van der Waals surface area (Å²) >= 11 is 0. The third-order valence-electron chi connectivity index (χ3n) is 4.03. The molecule has 0 aliphatic carbocycles. The maximum absolute atomic E-state index is 12.7.